The quantitative estimate of drug-likeness (QED) is 0.654. The fraction of sp³-hybridized carbons (Fsp3) is 0.409. The largest absolute Gasteiger partial charge is 0.508 e. The Labute approximate surface area is 181 Å². The molecule has 1 aliphatic heterocycles. The van der Waals surface area contributed by atoms with Crippen molar-refractivity contribution >= 4 is 29.2 Å². The van der Waals surface area contributed by atoms with E-state index in [0.717, 1.165) is 25.9 Å². The number of hydrogen-bond donors (Lipinski definition) is 3. The summed E-state index contributed by atoms with van der Waals surface area (Å²) < 4.78 is 0. The number of carbonyl (C=O) groups is 2. The summed E-state index contributed by atoms with van der Waals surface area (Å²) in [6.07, 6.45) is 3.16. The maximum Gasteiger partial charge on any atom is 0.251 e. The molecule has 2 aromatic rings. The number of pyridine rings is 1. The molecule has 0 aliphatic carbocycles. The van der Waals surface area contributed by atoms with Crippen LogP contribution in [0.2, 0.25) is 5.02 Å². The number of anilines is 1. The minimum Gasteiger partial charge on any atom is -0.508 e. The number of rotatable bonds is 6. The third kappa shape index (κ3) is 5.93. The van der Waals surface area contributed by atoms with Gasteiger partial charge in [-0.15, -0.1) is 0 Å². The van der Waals surface area contributed by atoms with Crippen LogP contribution in [0.1, 0.15) is 42.6 Å². The molecule has 8 heteroatoms. The summed E-state index contributed by atoms with van der Waals surface area (Å²) in [4.78, 5) is 31.7. The molecule has 1 aliphatic rings. The molecule has 2 heterocycles. The van der Waals surface area contributed by atoms with E-state index in [2.05, 4.69) is 34.4 Å². The molecule has 0 saturated carbocycles. The minimum absolute atomic E-state index is 0.00390. The molecule has 1 aromatic carbocycles. The highest BCUT2D eigenvalue weighted by Crippen LogP contribution is 2.20. The first-order valence-corrected chi connectivity index (χ1v) is 10.5. The first-order chi connectivity index (χ1) is 14.3. The van der Waals surface area contributed by atoms with Crippen molar-refractivity contribution in [2.75, 3.05) is 18.4 Å². The second-order valence-corrected chi connectivity index (χ2v) is 8.24. The number of hydrogen-bond acceptors (Lipinski definition) is 5. The van der Waals surface area contributed by atoms with Crippen LogP contribution in [-0.4, -0.2) is 52.0 Å². The van der Waals surface area contributed by atoms with Crippen molar-refractivity contribution < 1.29 is 14.7 Å². The van der Waals surface area contributed by atoms with Gasteiger partial charge in [-0.1, -0.05) is 11.6 Å². The number of carbonyl (C=O) groups excluding carboxylic acids is 2. The molecule has 3 rings (SSSR count). The number of aromatic hydroxyl groups is 1. The zero-order chi connectivity index (χ0) is 21.7. The van der Waals surface area contributed by atoms with E-state index >= 15 is 0 Å². The van der Waals surface area contributed by atoms with E-state index in [-0.39, 0.29) is 30.0 Å². The Morgan fingerprint density at radius 2 is 1.97 bits per heavy atom. The fourth-order valence-electron chi connectivity index (χ4n) is 3.58. The van der Waals surface area contributed by atoms with Crippen molar-refractivity contribution in [1.82, 2.24) is 15.2 Å². The fourth-order valence-corrected chi connectivity index (χ4v) is 3.69. The summed E-state index contributed by atoms with van der Waals surface area (Å²) >= 11 is 5.80. The number of benzene rings is 1. The lowest BCUT2D eigenvalue weighted by Crippen LogP contribution is -2.46. The molecular weight excluding hydrogens is 404 g/mol. The van der Waals surface area contributed by atoms with Gasteiger partial charge in [-0.2, -0.15) is 0 Å². The smallest absolute Gasteiger partial charge is 0.251 e. The maximum absolute atomic E-state index is 12.9. The summed E-state index contributed by atoms with van der Waals surface area (Å²) in [7, 11) is 0. The summed E-state index contributed by atoms with van der Waals surface area (Å²) in [5.41, 5.74) is 0.844. The number of halogens is 1. The average Bonchev–Trinajstić information content (AvgIpc) is 2.70. The number of nitrogens with one attached hydrogen (secondary N) is 2. The lowest BCUT2D eigenvalue weighted by atomic mass is 10.00. The molecular formula is C22H27ClN4O3. The van der Waals surface area contributed by atoms with Crippen LogP contribution < -0.4 is 10.6 Å². The van der Waals surface area contributed by atoms with Gasteiger partial charge in [0.25, 0.3) is 5.91 Å². The minimum atomic E-state index is -0.338. The Kier molecular flexibility index (Phi) is 7.29. The van der Waals surface area contributed by atoms with E-state index in [1.807, 2.05) is 0 Å². The van der Waals surface area contributed by atoms with Crippen molar-refractivity contribution in [3.8, 4) is 5.75 Å². The lowest BCUT2D eigenvalue weighted by Gasteiger charge is -2.34. The molecule has 0 unspecified atom stereocenters. The van der Waals surface area contributed by atoms with Crippen molar-refractivity contribution in [1.29, 1.82) is 0 Å². The number of piperidine rings is 1. The number of aromatic nitrogens is 1. The van der Waals surface area contributed by atoms with Gasteiger partial charge < -0.3 is 20.6 Å². The van der Waals surface area contributed by atoms with Gasteiger partial charge in [0.1, 0.15) is 11.6 Å². The third-order valence-electron chi connectivity index (χ3n) is 5.27. The molecule has 1 fully saturated rings. The Balaban J connectivity index is 1.65. The number of phenols is 1. The Hall–Kier alpha value is -2.64. The SMILES string of the molecule is CC(C)N1CCC(NC(=O)c2ccc(O)cc2CC(=O)Nc2ccc(Cl)cn2)CC1. The molecule has 0 atom stereocenters. The monoisotopic (exact) mass is 430 g/mol. The molecule has 7 nitrogen and oxygen atoms in total. The topological polar surface area (TPSA) is 94.6 Å². The van der Waals surface area contributed by atoms with Crippen LogP contribution in [0, 0.1) is 0 Å². The van der Waals surface area contributed by atoms with Crippen molar-refractivity contribution in [3.05, 3.63) is 52.7 Å². The second kappa shape index (κ2) is 9.91. The van der Waals surface area contributed by atoms with Gasteiger partial charge in [-0.3, -0.25) is 9.59 Å². The summed E-state index contributed by atoms with van der Waals surface area (Å²) in [5.74, 6) is -0.197. The van der Waals surface area contributed by atoms with Crippen molar-refractivity contribution in [3.63, 3.8) is 0 Å². The van der Waals surface area contributed by atoms with Crippen molar-refractivity contribution in [2.45, 2.75) is 45.2 Å². The third-order valence-corrected chi connectivity index (χ3v) is 5.50. The van der Waals surface area contributed by atoms with E-state index in [9.17, 15) is 14.7 Å². The zero-order valence-electron chi connectivity index (χ0n) is 17.2. The zero-order valence-corrected chi connectivity index (χ0v) is 17.9. The predicted molar refractivity (Wildman–Crippen MR) is 117 cm³/mol. The molecule has 1 aromatic heterocycles. The van der Waals surface area contributed by atoms with Crippen molar-refractivity contribution in [2.24, 2.45) is 0 Å². The van der Waals surface area contributed by atoms with Crippen LogP contribution in [-0.2, 0) is 11.2 Å². The van der Waals surface area contributed by atoms with Crippen LogP contribution in [0.25, 0.3) is 0 Å². The molecule has 1 saturated heterocycles. The Morgan fingerprint density at radius 1 is 1.23 bits per heavy atom. The van der Waals surface area contributed by atoms with Crippen LogP contribution in [0.4, 0.5) is 5.82 Å². The number of amides is 2. The highest BCUT2D eigenvalue weighted by atomic mass is 35.5. The lowest BCUT2D eigenvalue weighted by molar-refractivity contribution is -0.115. The molecule has 0 bridgehead atoms. The Bertz CT molecular complexity index is 894. The molecule has 0 radical (unpaired) electrons. The first kappa shape index (κ1) is 22.1. The van der Waals surface area contributed by atoms with Crippen LogP contribution in [0.3, 0.4) is 0 Å². The maximum atomic E-state index is 12.9. The Morgan fingerprint density at radius 3 is 2.60 bits per heavy atom. The van der Waals surface area contributed by atoms with E-state index in [1.54, 1.807) is 18.2 Å². The van der Waals surface area contributed by atoms with E-state index in [0.29, 0.717) is 28.0 Å². The average molecular weight is 431 g/mol. The standard InChI is InChI=1S/C22H27ClN4O3/c1-14(2)27-9-7-17(8-10-27)25-22(30)19-5-4-18(28)11-15(19)12-21(29)26-20-6-3-16(23)13-24-20/h3-6,11,13-14,17,28H,7-10,12H2,1-2H3,(H,25,30)(H,24,26,29). The van der Waals surface area contributed by atoms with E-state index < -0.39 is 0 Å². The van der Waals surface area contributed by atoms with Gasteiger partial charge in [0.05, 0.1) is 11.4 Å². The molecule has 2 amide bonds. The van der Waals surface area contributed by atoms with Gasteiger partial charge in [0, 0.05) is 36.9 Å². The first-order valence-electron chi connectivity index (χ1n) is 10.1. The number of phenolic OH excluding ortho intramolecular Hbond substituents is 1. The van der Waals surface area contributed by atoms with Gasteiger partial charge in [-0.05, 0) is 62.6 Å². The van der Waals surface area contributed by atoms with E-state index in [4.69, 9.17) is 11.6 Å². The molecule has 30 heavy (non-hydrogen) atoms. The highest BCUT2D eigenvalue weighted by molar-refractivity contribution is 6.30. The normalized spacial score (nSPS) is 15.2. The summed E-state index contributed by atoms with van der Waals surface area (Å²) in [6.45, 7) is 6.24. The van der Waals surface area contributed by atoms with Gasteiger partial charge in [-0.25, -0.2) is 4.98 Å². The summed E-state index contributed by atoms with van der Waals surface area (Å²) in [5, 5.41) is 16.1. The van der Waals surface area contributed by atoms with Crippen LogP contribution in [0.15, 0.2) is 36.5 Å². The number of likely N-dealkylation sites (tertiary alicyclic amines) is 1. The van der Waals surface area contributed by atoms with E-state index in [1.165, 1.54) is 18.3 Å². The van der Waals surface area contributed by atoms with Crippen LogP contribution in [0.5, 0.6) is 5.75 Å². The van der Waals surface area contributed by atoms with Gasteiger partial charge in [0.2, 0.25) is 5.91 Å². The molecule has 3 N–H and O–H groups in total. The van der Waals surface area contributed by atoms with Gasteiger partial charge in [0.15, 0.2) is 0 Å². The summed E-state index contributed by atoms with van der Waals surface area (Å²) in [6, 6.07) is 8.28. The highest BCUT2D eigenvalue weighted by Gasteiger charge is 2.23. The second-order valence-electron chi connectivity index (χ2n) is 7.81. The molecule has 160 valence electrons. The van der Waals surface area contributed by atoms with Crippen LogP contribution >= 0.6 is 11.6 Å². The number of nitrogens with zero attached hydrogens (tertiary/aromatic N) is 2. The molecule has 0 spiro atoms. The predicted octanol–water partition coefficient (Wildman–Crippen LogP) is 3.22. The van der Waals surface area contributed by atoms with Gasteiger partial charge >= 0.3 is 0 Å².